The predicted octanol–water partition coefficient (Wildman–Crippen LogP) is 6.11. The molecule has 0 saturated carbocycles. The molecular weight excluding hydrogens is 719 g/mol. The summed E-state index contributed by atoms with van der Waals surface area (Å²) in [4.78, 5) is 21.3. The van der Waals surface area contributed by atoms with Gasteiger partial charge in [-0.05, 0) is 81.3 Å². The molecule has 13 heteroatoms. The van der Waals surface area contributed by atoms with E-state index in [9.17, 15) is 4.79 Å². The zero-order valence-corrected chi connectivity index (χ0v) is 33.7. The number of piperazine rings is 1. The van der Waals surface area contributed by atoms with Gasteiger partial charge in [0.15, 0.2) is 11.6 Å². The van der Waals surface area contributed by atoms with E-state index in [1.165, 1.54) is 0 Å². The summed E-state index contributed by atoms with van der Waals surface area (Å²) in [6.45, 7) is 15.3. The number of carbonyl (C=O) groups is 1. The highest BCUT2D eigenvalue weighted by molar-refractivity contribution is 6.02. The fraction of sp³-hybridized carbons (Fsp3) is 0.477. The Morgan fingerprint density at radius 1 is 1.04 bits per heavy atom. The number of fused-ring (bicyclic) bond motifs is 1. The van der Waals surface area contributed by atoms with Gasteiger partial charge in [0.05, 0.1) is 25.1 Å². The molecule has 4 aromatic rings. The largest absolute Gasteiger partial charge is 0.490 e. The van der Waals surface area contributed by atoms with Crippen molar-refractivity contribution in [1.82, 2.24) is 24.8 Å². The topological polar surface area (TPSA) is 149 Å². The number of hydrogen-bond donors (Lipinski definition) is 2. The van der Waals surface area contributed by atoms with Crippen molar-refractivity contribution >= 4 is 23.0 Å². The minimum Gasteiger partial charge on any atom is -0.490 e. The van der Waals surface area contributed by atoms with Crippen molar-refractivity contribution in [1.29, 1.82) is 5.53 Å². The molecule has 0 radical (unpaired) electrons. The molecule has 1 aromatic heterocycles. The first-order chi connectivity index (χ1) is 27.8. The third kappa shape index (κ3) is 11.8. The standard InChI is InChI=1S/C44H57N9O4/c1-4-7-33(2)50(3)31-38-28-34(11-12-37(38)32-54)8-6-17-51-20-22-53(23-21-51)25-27-55-26-24-52-18-15-39(16-19-52)56-40-10-5-9-35(29-40)43-41-30-36(44(45)47-49-46)13-14-42(41)48-57-43/h5,9-14,28-30,32-33,39H,4,7,15-27,31H2,1-3H3,(H3,45,46,47). The summed E-state index contributed by atoms with van der Waals surface area (Å²) >= 11 is 0. The van der Waals surface area contributed by atoms with Crippen LogP contribution in [0.25, 0.3) is 22.2 Å². The summed E-state index contributed by atoms with van der Waals surface area (Å²) in [6.07, 6.45) is 5.29. The van der Waals surface area contributed by atoms with Gasteiger partial charge < -0.3 is 24.6 Å². The summed E-state index contributed by atoms with van der Waals surface area (Å²) in [5.74, 6) is 8.29. The smallest absolute Gasteiger partial charge is 0.174 e. The number of amidine groups is 1. The number of ether oxygens (including phenoxy) is 2. The van der Waals surface area contributed by atoms with Gasteiger partial charge in [0.25, 0.3) is 0 Å². The van der Waals surface area contributed by atoms with Crippen LogP contribution in [0.3, 0.4) is 0 Å². The Morgan fingerprint density at radius 2 is 1.79 bits per heavy atom. The Morgan fingerprint density at radius 3 is 2.53 bits per heavy atom. The van der Waals surface area contributed by atoms with E-state index in [-0.39, 0.29) is 11.9 Å². The van der Waals surface area contributed by atoms with Gasteiger partial charge in [0.1, 0.15) is 23.7 Å². The van der Waals surface area contributed by atoms with Crippen LogP contribution in [0, 0.1) is 17.4 Å². The first kappa shape index (κ1) is 41.7. The van der Waals surface area contributed by atoms with E-state index in [0.29, 0.717) is 22.9 Å². The third-order valence-electron chi connectivity index (χ3n) is 11.1. The quantitative estimate of drug-likeness (QED) is 0.0231. The van der Waals surface area contributed by atoms with E-state index in [0.717, 1.165) is 144 Å². The van der Waals surface area contributed by atoms with Crippen molar-refractivity contribution in [2.75, 3.05) is 79.2 Å². The van der Waals surface area contributed by atoms with E-state index in [1.807, 2.05) is 48.5 Å². The number of aldehydes is 1. The van der Waals surface area contributed by atoms with Gasteiger partial charge in [0, 0.05) is 87.2 Å². The first-order valence-electron chi connectivity index (χ1n) is 20.2. The molecule has 0 spiro atoms. The number of nitrogens with one attached hydrogen (secondary N) is 1. The number of likely N-dealkylation sites (tertiary alicyclic amines) is 1. The molecule has 0 aliphatic carbocycles. The minimum absolute atomic E-state index is 0.143. The van der Waals surface area contributed by atoms with Crippen molar-refractivity contribution in [2.45, 2.75) is 58.2 Å². The van der Waals surface area contributed by atoms with E-state index >= 15 is 0 Å². The van der Waals surface area contributed by atoms with Gasteiger partial charge >= 0.3 is 0 Å². The third-order valence-corrected chi connectivity index (χ3v) is 11.1. The van der Waals surface area contributed by atoms with Crippen LogP contribution in [0.15, 0.2) is 75.5 Å². The Kier molecular flexibility index (Phi) is 15.3. The van der Waals surface area contributed by atoms with Crippen LogP contribution in [0.2, 0.25) is 0 Å². The highest BCUT2D eigenvalue weighted by Gasteiger charge is 2.22. The van der Waals surface area contributed by atoms with Crippen molar-refractivity contribution in [3.05, 3.63) is 82.9 Å². The Labute approximate surface area is 336 Å². The van der Waals surface area contributed by atoms with Crippen molar-refractivity contribution in [2.24, 2.45) is 16.1 Å². The van der Waals surface area contributed by atoms with Crippen LogP contribution in [-0.2, 0) is 11.3 Å². The van der Waals surface area contributed by atoms with Gasteiger partial charge in [-0.25, -0.2) is 0 Å². The van der Waals surface area contributed by atoms with Crippen LogP contribution in [0.4, 0.5) is 0 Å². The molecule has 1 unspecified atom stereocenters. The first-order valence-corrected chi connectivity index (χ1v) is 20.2. The zero-order chi connectivity index (χ0) is 40.0. The molecule has 2 fully saturated rings. The SMILES string of the molecule is CCCC(C)N(C)Cc1cc(C#CCN2CCN(CCOCCN3CCC(Oc4cccc(-c5onc6ccc(C(N)=NN=N)cc56)c4)CC3)CC2)ccc1C=O. The molecule has 2 aliphatic rings. The number of piperidine rings is 1. The maximum absolute atomic E-state index is 11.7. The Balaban J connectivity index is 0.856. The molecular formula is C44H57N9O4. The van der Waals surface area contributed by atoms with Crippen LogP contribution < -0.4 is 10.5 Å². The van der Waals surface area contributed by atoms with E-state index < -0.39 is 0 Å². The van der Waals surface area contributed by atoms with Gasteiger partial charge in [-0.3, -0.25) is 19.5 Å². The normalized spacial score (nSPS) is 16.7. The maximum Gasteiger partial charge on any atom is 0.174 e. The number of benzene rings is 3. The number of hydrogen-bond acceptors (Lipinski definition) is 11. The molecule has 3 aromatic carbocycles. The fourth-order valence-electron chi connectivity index (χ4n) is 7.49. The second kappa shape index (κ2) is 21.0. The lowest BCUT2D eigenvalue weighted by atomic mass is 10.0. The summed E-state index contributed by atoms with van der Waals surface area (Å²) in [5.41, 5.74) is 17.9. The molecule has 13 nitrogen and oxygen atoms in total. The lowest BCUT2D eigenvalue weighted by Crippen LogP contribution is -2.47. The predicted molar refractivity (Wildman–Crippen MR) is 224 cm³/mol. The molecule has 2 saturated heterocycles. The van der Waals surface area contributed by atoms with Crippen molar-refractivity contribution in [3.63, 3.8) is 0 Å². The van der Waals surface area contributed by atoms with Gasteiger partial charge in [-0.15, -0.1) is 5.10 Å². The number of nitrogens with two attached hydrogens (primary N) is 1. The summed E-state index contributed by atoms with van der Waals surface area (Å²) in [5, 5.41) is 11.7. The molecule has 0 amide bonds. The second-order valence-corrected chi connectivity index (χ2v) is 15.1. The van der Waals surface area contributed by atoms with Gasteiger partial charge in [0.2, 0.25) is 0 Å². The van der Waals surface area contributed by atoms with Crippen molar-refractivity contribution in [3.8, 4) is 28.9 Å². The van der Waals surface area contributed by atoms with E-state index in [1.54, 1.807) is 6.07 Å². The van der Waals surface area contributed by atoms with E-state index in [2.05, 4.69) is 73.9 Å². The number of nitrogens with zero attached hydrogens (tertiary/aromatic N) is 7. The average molecular weight is 776 g/mol. The molecule has 3 heterocycles. The highest BCUT2D eigenvalue weighted by Crippen LogP contribution is 2.32. The average Bonchev–Trinajstić information content (AvgIpc) is 3.66. The second-order valence-electron chi connectivity index (χ2n) is 15.1. The number of aromatic nitrogens is 1. The maximum atomic E-state index is 11.7. The lowest BCUT2D eigenvalue weighted by molar-refractivity contribution is 0.0497. The molecule has 0 bridgehead atoms. The molecule has 57 heavy (non-hydrogen) atoms. The minimum atomic E-state index is 0.143. The van der Waals surface area contributed by atoms with Gasteiger partial charge in [-0.2, -0.15) is 5.53 Å². The Hall–Kier alpha value is -4.97. The lowest BCUT2D eigenvalue weighted by Gasteiger charge is -2.34. The fourth-order valence-corrected chi connectivity index (χ4v) is 7.49. The summed E-state index contributed by atoms with van der Waals surface area (Å²) in [7, 11) is 2.12. The molecule has 1 atom stereocenters. The van der Waals surface area contributed by atoms with E-state index in [4.69, 9.17) is 25.3 Å². The van der Waals surface area contributed by atoms with Crippen LogP contribution in [0.5, 0.6) is 5.75 Å². The number of rotatable bonds is 18. The molecule has 6 rings (SSSR count). The Bertz CT molecular complexity index is 2020. The van der Waals surface area contributed by atoms with Crippen LogP contribution in [0.1, 0.15) is 66.6 Å². The summed E-state index contributed by atoms with van der Waals surface area (Å²) in [6, 6.07) is 19.8. The van der Waals surface area contributed by atoms with Crippen LogP contribution >= 0.6 is 0 Å². The van der Waals surface area contributed by atoms with Gasteiger partial charge in [-0.1, -0.05) is 53.8 Å². The van der Waals surface area contributed by atoms with Crippen LogP contribution in [-0.4, -0.2) is 128 Å². The monoisotopic (exact) mass is 775 g/mol. The highest BCUT2D eigenvalue weighted by atomic mass is 16.5. The summed E-state index contributed by atoms with van der Waals surface area (Å²) < 4.78 is 18.2. The zero-order valence-electron chi connectivity index (χ0n) is 33.7. The molecule has 2 aliphatic heterocycles. The molecule has 302 valence electrons. The van der Waals surface area contributed by atoms with Crippen molar-refractivity contribution < 1.29 is 18.8 Å². The molecule has 3 N–H and O–H groups in total. The number of carbonyl (C=O) groups excluding carboxylic acids is 1.